The van der Waals surface area contributed by atoms with Gasteiger partial charge in [-0.2, -0.15) is 13.2 Å². The summed E-state index contributed by atoms with van der Waals surface area (Å²) in [4.78, 5) is 24.7. The summed E-state index contributed by atoms with van der Waals surface area (Å²) in [5.74, 6) is -1.16. The number of carbonyl (C=O) groups excluding carboxylic acids is 1. The monoisotopic (exact) mass is 283 g/mol. The lowest BCUT2D eigenvalue weighted by molar-refractivity contribution is -0.148. The summed E-state index contributed by atoms with van der Waals surface area (Å²) in [6.45, 7) is 0.861. The Morgan fingerprint density at radius 2 is 1.79 bits per heavy atom. The van der Waals surface area contributed by atoms with E-state index in [1.807, 2.05) is 0 Å². The quantitative estimate of drug-likeness (QED) is 0.784. The smallest absolute Gasteiger partial charge is 0.401 e. The molecule has 1 aliphatic rings. The van der Waals surface area contributed by atoms with Crippen LogP contribution in [0.2, 0.25) is 0 Å². The molecule has 1 unspecified atom stereocenters. The highest BCUT2D eigenvalue weighted by atomic mass is 19.4. The van der Waals surface area contributed by atoms with E-state index < -0.39 is 30.8 Å². The molecule has 0 aromatic heterocycles. The minimum Gasteiger partial charge on any atom is -0.480 e. The number of rotatable bonds is 3. The number of piperazine rings is 1. The first kappa shape index (κ1) is 15.5. The number of carboxylic acid groups (broad SMARTS) is 1. The first-order chi connectivity index (χ1) is 8.69. The minimum absolute atomic E-state index is 0.119. The molecule has 0 saturated carbocycles. The molecule has 0 bridgehead atoms. The molecule has 1 fully saturated rings. The number of nitrogens with zero attached hydrogens (tertiary/aromatic N) is 2. The number of amides is 2. The molecular weight excluding hydrogens is 267 g/mol. The van der Waals surface area contributed by atoms with Crippen LogP contribution in [0.25, 0.3) is 0 Å². The summed E-state index contributed by atoms with van der Waals surface area (Å²) >= 11 is 0. The standard InChI is InChI=1S/C10H16F3N3O3/c1-7(8(17)18)14-9(19)16-4-2-15(3-5-16)6-10(11,12)13/h7H,2-6H2,1H3,(H,14,19)(H,17,18). The summed E-state index contributed by atoms with van der Waals surface area (Å²) in [6.07, 6.45) is -4.25. The van der Waals surface area contributed by atoms with Crippen LogP contribution in [0.3, 0.4) is 0 Å². The van der Waals surface area contributed by atoms with E-state index in [9.17, 15) is 22.8 Å². The highest BCUT2D eigenvalue weighted by Gasteiger charge is 2.33. The molecule has 1 saturated heterocycles. The van der Waals surface area contributed by atoms with Gasteiger partial charge in [-0.05, 0) is 6.92 Å². The summed E-state index contributed by atoms with van der Waals surface area (Å²) in [5.41, 5.74) is 0. The number of aliphatic carboxylic acids is 1. The zero-order valence-electron chi connectivity index (χ0n) is 10.4. The average Bonchev–Trinajstić information content (AvgIpc) is 2.27. The van der Waals surface area contributed by atoms with Gasteiger partial charge in [0.15, 0.2) is 0 Å². The van der Waals surface area contributed by atoms with Crippen LogP contribution in [0.5, 0.6) is 0 Å². The zero-order chi connectivity index (χ0) is 14.6. The van der Waals surface area contributed by atoms with Crippen LogP contribution < -0.4 is 5.32 Å². The summed E-state index contributed by atoms with van der Waals surface area (Å²) < 4.78 is 36.5. The molecule has 0 radical (unpaired) electrons. The van der Waals surface area contributed by atoms with Gasteiger partial charge >= 0.3 is 18.2 Å². The fraction of sp³-hybridized carbons (Fsp3) is 0.800. The Morgan fingerprint density at radius 3 is 2.21 bits per heavy atom. The predicted molar refractivity (Wildman–Crippen MR) is 59.7 cm³/mol. The number of hydrogen-bond acceptors (Lipinski definition) is 3. The van der Waals surface area contributed by atoms with Crippen LogP contribution in [-0.2, 0) is 4.79 Å². The SMILES string of the molecule is CC(NC(=O)N1CCN(CC(F)(F)F)CC1)C(=O)O. The maximum Gasteiger partial charge on any atom is 0.401 e. The first-order valence-electron chi connectivity index (χ1n) is 5.76. The molecule has 2 N–H and O–H groups in total. The van der Waals surface area contributed by atoms with E-state index in [1.165, 1.54) is 16.7 Å². The predicted octanol–water partition coefficient (Wildman–Crippen LogP) is 0.349. The molecule has 110 valence electrons. The normalized spacial score (nSPS) is 19.1. The Balaban J connectivity index is 2.37. The second kappa shape index (κ2) is 6.09. The van der Waals surface area contributed by atoms with Crippen LogP contribution in [0, 0.1) is 0 Å². The van der Waals surface area contributed by atoms with E-state index >= 15 is 0 Å². The molecule has 0 aromatic carbocycles. The van der Waals surface area contributed by atoms with Gasteiger partial charge in [0, 0.05) is 26.2 Å². The van der Waals surface area contributed by atoms with Crippen molar-refractivity contribution in [1.29, 1.82) is 0 Å². The molecule has 19 heavy (non-hydrogen) atoms. The van der Waals surface area contributed by atoms with Crippen LogP contribution in [-0.4, -0.2) is 71.8 Å². The molecule has 0 aromatic rings. The molecule has 9 heteroatoms. The molecule has 1 aliphatic heterocycles. The fourth-order valence-electron chi connectivity index (χ4n) is 1.70. The van der Waals surface area contributed by atoms with Gasteiger partial charge in [-0.25, -0.2) is 4.79 Å². The van der Waals surface area contributed by atoms with Gasteiger partial charge in [-0.3, -0.25) is 9.69 Å². The summed E-state index contributed by atoms with van der Waals surface area (Å²) in [5, 5.41) is 10.9. The van der Waals surface area contributed by atoms with Gasteiger partial charge < -0.3 is 15.3 Å². The van der Waals surface area contributed by atoms with Crippen LogP contribution in [0.4, 0.5) is 18.0 Å². The second-order valence-corrected chi connectivity index (χ2v) is 4.39. The topological polar surface area (TPSA) is 72.9 Å². The maximum absolute atomic E-state index is 12.2. The van der Waals surface area contributed by atoms with Crippen molar-refractivity contribution in [3.63, 3.8) is 0 Å². The van der Waals surface area contributed by atoms with Crippen molar-refractivity contribution in [2.45, 2.75) is 19.1 Å². The van der Waals surface area contributed by atoms with Gasteiger partial charge in [0.25, 0.3) is 0 Å². The van der Waals surface area contributed by atoms with Crippen LogP contribution >= 0.6 is 0 Å². The summed E-state index contributed by atoms with van der Waals surface area (Å²) in [6, 6.07) is -1.60. The minimum atomic E-state index is -4.25. The Morgan fingerprint density at radius 1 is 1.26 bits per heavy atom. The molecule has 1 atom stereocenters. The highest BCUT2D eigenvalue weighted by molar-refractivity contribution is 5.82. The molecule has 1 rings (SSSR count). The summed E-state index contributed by atoms with van der Waals surface area (Å²) in [7, 11) is 0. The Hall–Kier alpha value is -1.51. The second-order valence-electron chi connectivity index (χ2n) is 4.39. The number of halogens is 3. The molecular formula is C10H16F3N3O3. The van der Waals surface area contributed by atoms with Crippen molar-refractivity contribution < 1.29 is 27.9 Å². The van der Waals surface area contributed by atoms with Crippen molar-refractivity contribution in [3.05, 3.63) is 0 Å². The van der Waals surface area contributed by atoms with E-state index in [4.69, 9.17) is 5.11 Å². The molecule has 2 amide bonds. The van der Waals surface area contributed by atoms with Crippen molar-refractivity contribution in [1.82, 2.24) is 15.1 Å². The van der Waals surface area contributed by atoms with Crippen LogP contribution in [0.15, 0.2) is 0 Å². The van der Waals surface area contributed by atoms with E-state index in [0.717, 1.165) is 0 Å². The Bertz CT molecular complexity index is 341. The largest absolute Gasteiger partial charge is 0.480 e. The van der Waals surface area contributed by atoms with Gasteiger partial charge in [-0.1, -0.05) is 0 Å². The van der Waals surface area contributed by atoms with Crippen LogP contribution in [0.1, 0.15) is 6.92 Å². The number of carbonyl (C=O) groups is 2. The fourth-order valence-corrected chi connectivity index (χ4v) is 1.70. The average molecular weight is 283 g/mol. The van der Waals surface area contributed by atoms with E-state index in [0.29, 0.717) is 0 Å². The first-order valence-corrected chi connectivity index (χ1v) is 5.76. The number of alkyl halides is 3. The third kappa shape index (κ3) is 5.33. The molecule has 1 heterocycles. The highest BCUT2D eigenvalue weighted by Crippen LogP contribution is 2.17. The van der Waals surface area contributed by atoms with Gasteiger partial charge in [-0.15, -0.1) is 0 Å². The van der Waals surface area contributed by atoms with E-state index in [-0.39, 0.29) is 26.2 Å². The zero-order valence-corrected chi connectivity index (χ0v) is 10.4. The van der Waals surface area contributed by atoms with Crippen molar-refractivity contribution in [3.8, 4) is 0 Å². The van der Waals surface area contributed by atoms with E-state index in [1.54, 1.807) is 0 Å². The third-order valence-corrected chi connectivity index (χ3v) is 2.77. The van der Waals surface area contributed by atoms with Crippen molar-refractivity contribution in [2.24, 2.45) is 0 Å². The van der Waals surface area contributed by atoms with E-state index in [2.05, 4.69) is 5.32 Å². The van der Waals surface area contributed by atoms with Gasteiger partial charge in [0.05, 0.1) is 6.54 Å². The number of carboxylic acids is 1. The molecule has 0 spiro atoms. The lowest BCUT2D eigenvalue weighted by atomic mass is 10.3. The number of urea groups is 1. The molecule has 6 nitrogen and oxygen atoms in total. The van der Waals surface area contributed by atoms with Gasteiger partial charge in [0.2, 0.25) is 0 Å². The maximum atomic E-state index is 12.2. The Kier molecular flexibility index (Phi) is 4.98. The molecule has 0 aliphatic carbocycles. The van der Waals surface area contributed by atoms with Crippen molar-refractivity contribution in [2.75, 3.05) is 32.7 Å². The Labute approximate surface area is 108 Å². The third-order valence-electron chi connectivity index (χ3n) is 2.77. The van der Waals surface area contributed by atoms with Gasteiger partial charge in [0.1, 0.15) is 6.04 Å². The van der Waals surface area contributed by atoms with Crippen molar-refractivity contribution >= 4 is 12.0 Å². The number of hydrogen-bond donors (Lipinski definition) is 2. The lowest BCUT2D eigenvalue weighted by Gasteiger charge is -2.35. The number of nitrogens with one attached hydrogen (secondary N) is 1. The lowest BCUT2D eigenvalue weighted by Crippen LogP contribution is -2.55.